The Bertz CT molecular complexity index is 1370. The van der Waals surface area contributed by atoms with Crippen LogP contribution in [-0.2, 0) is 14.4 Å². The van der Waals surface area contributed by atoms with Crippen LogP contribution in [0.25, 0.3) is 0 Å². The van der Waals surface area contributed by atoms with Gasteiger partial charge in [-0.15, -0.1) is 0 Å². The predicted octanol–water partition coefficient (Wildman–Crippen LogP) is 5.37. The number of amides is 3. The average molecular weight is 676 g/mol. The van der Waals surface area contributed by atoms with Gasteiger partial charge in [0.25, 0.3) is 5.91 Å². The number of hydrogen-bond donors (Lipinski definition) is 3. The van der Waals surface area contributed by atoms with Gasteiger partial charge in [-0.2, -0.15) is 5.10 Å². The molecular formula is C24H18Cl3IN4O5. The van der Waals surface area contributed by atoms with Crippen LogP contribution in [0, 0.1) is 3.57 Å². The van der Waals surface area contributed by atoms with Gasteiger partial charge in [0.2, 0.25) is 0 Å². The van der Waals surface area contributed by atoms with E-state index in [1.807, 2.05) is 22.6 Å². The summed E-state index contributed by atoms with van der Waals surface area (Å²) in [5.41, 5.74) is 3.40. The van der Waals surface area contributed by atoms with Crippen LogP contribution < -0.4 is 25.5 Å². The van der Waals surface area contributed by atoms with Crippen molar-refractivity contribution in [3.05, 3.63) is 78.8 Å². The molecule has 0 spiro atoms. The van der Waals surface area contributed by atoms with E-state index in [4.69, 9.17) is 44.3 Å². The van der Waals surface area contributed by atoms with Gasteiger partial charge >= 0.3 is 11.8 Å². The van der Waals surface area contributed by atoms with Crippen LogP contribution in [0.4, 0.5) is 11.4 Å². The number of carbonyl (C=O) groups is 3. The molecule has 0 bridgehead atoms. The van der Waals surface area contributed by atoms with Crippen molar-refractivity contribution in [1.29, 1.82) is 0 Å². The molecule has 192 valence electrons. The van der Waals surface area contributed by atoms with E-state index in [0.717, 1.165) is 0 Å². The molecule has 0 aromatic heterocycles. The summed E-state index contributed by atoms with van der Waals surface area (Å²) in [4.78, 5) is 36.4. The maximum Gasteiger partial charge on any atom is 0.329 e. The minimum absolute atomic E-state index is 0.111. The van der Waals surface area contributed by atoms with Gasteiger partial charge in [-0.25, -0.2) is 5.43 Å². The van der Waals surface area contributed by atoms with Gasteiger partial charge in [0.1, 0.15) is 0 Å². The van der Waals surface area contributed by atoms with Gasteiger partial charge < -0.3 is 20.1 Å². The van der Waals surface area contributed by atoms with E-state index in [1.165, 1.54) is 19.4 Å². The van der Waals surface area contributed by atoms with Gasteiger partial charge in [-0.1, -0.05) is 46.9 Å². The van der Waals surface area contributed by atoms with Crippen molar-refractivity contribution in [2.75, 3.05) is 24.4 Å². The van der Waals surface area contributed by atoms with E-state index in [9.17, 15) is 14.4 Å². The van der Waals surface area contributed by atoms with Crippen LogP contribution in [0.1, 0.15) is 5.56 Å². The third-order valence-electron chi connectivity index (χ3n) is 4.49. The Balaban J connectivity index is 1.59. The molecule has 37 heavy (non-hydrogen) atoms. The lowest BCUT2D eigenvalue weighted by molar-refractivity contribution is -0.136. The summed E-state index contributed by atoms with van der Waals surface area (Å²) in [6, 6.07) is 14.6. The van der Waals surface area contributed by atoms with E-state index in [0.29, 0.717) is 31.3 Å². The molecule has 0 saturated heterocycles. The first-order valence-corrected chi connectivity index (χ1v) is 12.5. The molecule has 0 radical (unpaired) electrons. The standard InChI is InChI=1S/C24H18Cl3IN4O5/c1-36-19-9-13(11-29-32-24(35)23(34)31-18-7-3-6-16(26)21(18)27)8-17(28)22(19)37-12-20(33)30-15-5-2-4-14(25)10-15/h2-11H,12H2,1H3,(H,30,33)(H,31,34)(H,32,35)/b29-11-. The molecule has 0 aliphatic rings. The van der Waals surface area contributed by atoms with Crippen LogP contribution in [0.2, 0.25) is 15.1 Å². The second-order valence-corrected chi connectivity index (χ2v) is 9.52. The molecule has 0 heterocycles. The normalized spacial score (nSPS) is 10.6. The fraction of sp³-hybridized carbons (Fsp3) is 0.0833. The number of methoxy groups -OCH3 is 1. The van der Waals surface area contributed by atoms with Crippen molar-refractivity contribution in [2.45, 2.75) is 0 Å². The lowest BCUT2D eigenvalue weighted by atomic mass is 10.2. The highest BCUT2D eigenvalue weighted by Crippen LogP contribution is 2.33. The molecule has 0 unspecified atom stereocenters. The number of carbonyl (C=O) groups excluding carboxylic acids is 3. The third-order valence-corrected chi connectivity index (χ3v) is 6.35. The first-order chi connectivity index (χ1) is 17.7. The zero-order valence-electron chi connectivity index (χ0n) is 19.0. The summed E-state index contributed by atoms with van der Waals surface area (Å²) in [5.74, 6) is -1.69. The zero-order valence-corrected chi connectivity index (χ0v) is 23.4. The van der Waals surface area contributed by atoms with Crippen molar-refractivity contribution in [3.63, 3.8) is 0 Å². The number of benzene rings is 3. The highest BCUT2D eigenvalue weighted by molar-refractivity contribution is 14.1. The van der Waals surface area contributed by atoms with Crippen LogP contribution >= 0.6 is 57.4 Å². The molecule has 9 nitrogen and oxygen atoms in total. The van der Waals surface area contributed by atoms with Gasteiger partial charge in [-0.3, -0.25) is 14.4 Å². The first kappa shape index (κ1) is 28.5. The lowest BCUT2D eigenvalue weighted by Gasteiger charge is -2.13. The summed E-state index contributed by atoms with van der Waals surface area (Å²) >= 11 is 19.8. The predicted molar refractivity (Wildman–Crippen MR) is 152 cm³/mol. The molecule has 0 aliphatic carbocycles. The lowest BCUT2D eigenvalue weighted by Crippen LogP contribution is -2.32. The second-order valence-electron chi connectivity index (χ2n) is 7.14. The fourth-order valence-corrected chi connectivity index (χ4v) is 4.17. The summed E-state index contributed by atoms with van der Waals surface area (Å²) in [6.07, 6.45) is 1.32. The number of hydrazone groups is 1. The van der Waals surface area contributed by atoms with Crippen LogP contribution in [0.15, 0.2) is 59.7 Å². The van der Waals surface area contributed by atoms with Crippen molar-refractivity contribution >= 4 is 92.7 Å². The van der Waals surface area contributed by atoms with E-state index in [2.05, 4.69) is 21.2 Å². The molecule has 3 rings (SSSR count). The molecule has 0 atom stereocenters. The Morgan fingerprint density at radius 1 is 1.00 bits per heavy atom. The summed E-state index contributed by atoms with van der Waals surface area (Å²) < 4.78 is 11.7. The van der Waals surface area contributed by atoms with E-state index in [1.54, 1.807) is 48.5 Å². The SMILES string of the molecule is COc1cc(/C=N\NC(=O)C(=O)Nc2cccc(Cl)c2Cl)cc(I)c1OCC(=O)Nc1cccc(Cl)c1. The molecular weight excluding hydrogens is 658 g/mol. The minimum atomic E-state index is -1.01. The summed E-state index contributed by atoms with van der Waals surface area (Å²) in [5, 5.41) is 9.68. The van der Waals surface area contributed by atoms with Crippen molar-refractivity contribution < 1.29 is 23.9 Å². The third kappa shape index (κ3) is 8.22. The number of nitrogens with zero attached hydrogens (tertiary/aromatic N) is 1. The van der Waals surface area contributed by atoms with Crippen LogP contribution in [0.5, 0.6) is 11.5 Å². The molecule has 0 saturated carbocycles. The van der Waals surface area contributed by atoms with Crippen molar-refractivity contribution in [3.8, 4) is 11.5 Å². The molecule has 3 amide bonds. The Labute approximate surface area is 240 Å². The molecule has 3 N–H and O–H groups in total. The zero-order chi connectivity index (χ0) is 26.9. The second kappa shape index (κ2) is 13.5. The fourth-order valence-electron chi connectivity index (χ4n) is 2.85. The number of ether oxygens (including phenoxy) is 2. The van der Waals surface area contributed by atoms with Crippen LogP contribution in [0.3, 0.4) is 0 Å². The van der Waals surface area contributed by atoms with Crippen LogP contribution in [-0.4, -0.2) is 37.7 Å². The van der Waals surface area contributed by atoms with Crippen molar-refractivity contribution in [2.24, 2.45) is 5.10 Å². The van der Waals surface area contributed by atoms with Crippen molar-refractivity contribution in [1.82, 2.24) is 5.43 Å². The topological polar surface area (TPSA) is 118 Å². The van der Waals surface area contributed by atoms with Gasteiger partial charge in [0.15, 0.2) is 18.1 Å². The largest absolute Gasteiger partial charge is 0.493 e. The summed E-state index contributed by atoms with van der Waals surface area (Å²) in [7, 11) is 1.44. The maximum absolute atomic E-state index is 12.3. The van der Waals surface area contributed by atoms with E-state index < -0.39 is 11.8 Å². The Morgan fingerprint density at radius 3 is 2.49 bits per heavy atom. The van der Waals surface area contributed by atoms with Gasteiger partial charge in [0, 0.05) is 10.7 Å². The molecule has 13 heteroatoms. The number of hydrogen-bond acceptors (Lipinski definition) is 6. The highest BCUT2D eigenvalue weighted by Gasteiger charge is 2.16. The first-order valence-electron chi connectivity index (χ1n) is 10.3. The maximum atomic E-state index is 12.3. The highest BCUT2D eigenvalue weighted by atomic mass is 127. The molecule has 3 aromatic carbocycles. The van der Waals surface area contributed by atoms with Gasteiger partial charge in [0.05, 0.1) is 32.6 Å². The Kier molecular flexibility index (Phi) is 10.4. The smallest absolute Gasteiger partial charge is 0.329 e. The molecule has 3 aromatic rings. The van der Waals surface area contributed by atoms with Gasteiger partial charge in [-0.05, 0) is 70.6 Å². The quantitative estimate of drug-likeness (QED) is 0.129. The number of anilines is 2. The van der Waals surface area contributed by atoms with E-state index in [-0.39, 0.29) is 28.2 Å². The average Bonchev–Trinajstić information content (AvgIpc) is 2.85. The number of nitrogens with one attached hydrogen (secondary N) is 3. The molecule has 0 aliphatic heterocycles. The summed E-state index contributed by atoms with van der Waals surface area (Å²) in [6.45, 7) is -0.270. The Hall–Kier alpha value is -3.06. The monoisotopic (exact) mass is 674 g/mol. The molecule has 0 fully saturated rings. The minimum Gasteiger partial charge on any atom is -0.493 e. The number of halogens is 4. The number of rotatable bonds is 8. The van der Waals surface area contributed by atoms with E-state index >= 15 is 0 Å². The Morgan fingerprint density at radius 2 is 1.76 bits per heavy atom.